The summed E-state index contributed by atoms with van der Waals surface area (Å²) in [6.07, 6.45) is 0.744. The summed E-state index contributed by atoms with van der Waals surface area (Å²) in [5.74, 6) is 0.417. The van der Waals surface area contributed by atoms with Crippen LogP contribution in [0.25, 0.3) is 5.69 Å². The summed E-state index contributed by atoms with van der Waals surface area (Å²) < 4.78 is 1.55. The van der Waals surface area contributed by atoms with Crippen LogP contribution in [-0.4, -0.2) is 14.9 Å². The van der Waals surface area contributed by atoms with E-state index in [1.165, 1.54) is 0 Å². The Morgan fingerprint density at radius 3 is 2.50 bits per heavy atom. The molecule has 0 aliphatic rings. The third-order valence-electron chi connectivity index (χ3n) is 2.90. The summed E-state index contributed by atoms with van der Waals surface area (Å²) in [4.78, 5) is 0. The van der Waals surface area contributed by atoms with Crippen LogP contribution in [0, 0.1) is 5.92 Å². The molecule has 3 nitrogen and oxygen atoms in total. The molecule has 0 amide bonds. The van der Waals surface area contributed by atoms with Crippen molar-refractivity contribution >= 4 is 34.8 Å². The molecule has 0 unspecified atom stereocenters. The van der Waals surface area contributed by atoms with Gasteiger partial charge < -0.3 is 5.11 Å². The van der Waals surface area contributed by atoms with Crippen LogP contribution in [0.1, 0.15) is 25.1 Å². The zero-order valence-corrected chi connectivity index (χ0v) is 13.5. The van der Waals surface area contributed by atoms with E-state index < -0.39 is 0 Å². The first kappa shape index (κ1) is 15.6. The molecule has 108 valence electrons. The molecule has 2 aromatic rings. The molecule has 0 aliphatic heterocycles. The Morgan fingerprint density at radius 2 is 1.95 bits per heavy atom. The van der Waals surface area contributed by atoms with E-state index in [4.69, 9.17) is 34.8 Å². The second-order valence-corrected chi connectivity index (χ2v) is 6.18. The number of halogens is 3. The van der Waals surface area contributed by atoms with Crippen LogP contribution < -0.4 is 0 Å². The molecule has 0 saturated carbocycles. The Balaban J connectivity index is 2.54. The van der Waals surface area contributed by atoms with Crippen molar-refractivity contribution in [2.45, 2.75) is 26.9 Å². The summed E-state index contributed by atoms with van der Waals surface area (Å²) in [5.41, 5.74) is 2.08. The standard InChI is InChI=1S/C14H15Cl3N2O/c1-8(2)5-12-10(7-20)14(17)19(18-12)13-4-3-9(15)6-11(13)16/h3-4,6,8,20H,5,7H2,1-2H3. The molecule has 0 radical (unpaired) electrons. The van der Waals surface area contributed by atoms with Crippen LogP contribution >= 0.6 is 34.8 Å². The van der Waals surface area contributed by atoms with Crippen LogP contribution in [0.4, 0.5) is 0 Å². The van der Waals surface area contributed by atoms with Crippen LogP contribution in [-0.2, 0) is 13.0 Å². The number of hydrogen-bond acceptors (Lipinski definition) is 2. The molecule has 1 heterocycles. The predicted octanol–water partition coefficient (Wildman–Crippen LogP) is 4.52. The van der Waals surface area contributed by atoms with Gasteiger partial charge in [-0.2, -0.15) is 5.10 Å². The summed E-state index contributed by atoms with van der Waals surface area (Å²) in [5, 5.41) is 15.4. The Morgan fingerprint density at radius 1 is 1.25 bits per heavy atom. The molecule has 0 saturated heterocycles. The molecule has 1 aromatic carbocycles. The SMILES string of the molecule is CC(C)Cc1nn(-c2ccc(Cl)cc2Cl)c(Cl)c1CO. The van der Waals surface area contributed by atoms with E-state index in [9.17, 15) is 5.11 Å². The van der Waals surface area contributed by atoms with E-state index in [1.54, 1.807) is 22.9 Å². The van der Waals surface area contributed by atoms with E-state index in [0.29, 0.717) is 32.4 Å². The molecule has 2 rings (SSSR count). The van der Waals surface area contributed by atoms with Gasteiger partial charge in [0.1, 0.15) is 5.15 Å². The van der Waals surface area contributed by atoms with E-state index in [0.717, 1.165) is 12.1 Å². The fourth-order valence-corrected chi connectivity index (χ4v) is 2.78. The van der Waals surface area contributed by atoms with E-state index in [-0.39, 0.29) is 6.61 Å². The highest BCUT2D eigenvalue weighted by Gasteiger charge is 2.18. The molecule has 6 heteroatoms. The highest BCUT2D eigenvalue weighted by molar-refractivity contribution is 6.36. The maximum atomic E-state index is 9.49. The number of aliphatic hydroxyl groups is 1. The molecule has 1 N–H and O–H groups in total. The quantitative estimate of drug-likeness (QED) is 0.893. The molecule has 0 spiro atoms. The maximum Gasteiger partial charge on any atom is 0.138 e. The minimum absolute atomic E-state index is 0.147. The summed E-state index contributed by atoms with van der Waals surface area (Å²) in [7, 11) is 0. The number of benzene rings is 1. The Labute approximate surface area is 133 Å². The minimum Gasteiger partial charge on any atom is -0.391 e. The maximum absolute atomic E-state index is 9.49. The number of rotatable bonds is 4. The van der Waals surface area contributed by atoms with Gasteiger partial charge in [-0.05, 0) is 30.5 Å². The van der Waals surface area contributed by atoms with Crippen LogP contribution in [0.3, 0.4) is 0 Å². The molecular weight excluding hydrogens is 319 g/mol. The highest BCUT2D eigenvalue weighted by Crippen LogP contribution is 2.30. The predicted molar refractivity (Wildman–Crippen MR) is 83.1 cm³/mol. The van der Waals surface area contributed by atoms with Gasteiger partial charge in [-0.1, -0.05) is 48.7 Å². The largest absolute Gasteiger partial charge is 0.391 e. The lowest BCUT2D eigenvalue weighted by Gasteiger charge is -2.06. The fraction of sp³-hybridized carbons (Fsp3) is 0.357. The van der Waals surface area contributed by atoms with E-state index >= 15 is 0 Å². The highest BCUT2D eigenvalue weighted by atomic mass is 35.5. The monoisotopic (exact) mass is 332 g/mol. The Kier molecular flexibility index (Phi) is 4.97. The van der Waals surface area contributed by atoms with Crippen molar-refractivity contribution in [2.75, 3.05) is 0 Å². The van der Waals surface area contributed by atoms with E-state index in [1.807, 2.05) is 0 Å². The van der Waals surface area contributed by atoms with Crippen LogP contribution in [0.15, 0.2) is 18.2 Å². The van der Waals surface area contributed by atoms with Crippen molar-refractivity contribution in [1.82, 2.24) is 9.78 Å². The van der Waals surface area contributed by atoms with Crippen molar-refractivity contribution in [3.05, 3.63) is 44.7 Å². The van der Waals surface area contributed by atoms with Crippen molar-refractivity contribution < 1.29 is 5.11 Å². The zero-order chi connectivity index (χ0) is 14.9. The van der Waals surface area contributed by atoms with Gasteiger partial charge in [0.2, 0.25) is 0 Å². The lowest BCUT2D eigenvalue weighted by Crippen LogP contribution is -2.00. The second kappa shape index (κ2) is 6.35. The fourth-order valence-electron chi connectivity index (χ4n) is 1.99. The number of aromatic nitrogens is 2. The zero-order valence-electron chi connectivity index (χ0n) is 11.2. The molecule has 0 aliphatic carbocycles. The molecular formula is C14H15Cl3N2O. The lowest BCUT2D eigenvalue weighted by molar-refractivity contribution is 0.280. The average molecular weight is 334 g/mol. The smallest absolute Gasteiger partial charge is 0.138 e. The summed E-state index contributed by atoms with van der Waals surface area (Å²) in [6.45, 7) is 4.03. The molecule has 0 bridgehead atoms. The molecule has 1 aromatic heterocycles. The summed E-state index contributed by atoms with van der Waals surface area (Å²) >= 11 is 18.4. The van der Waals surface area contributed by atoms with Crippen LogP contribution in [0.2, 0.25) is 15.2 Å². The van der Waals surface area contributed by atoms with Gasteiger partial charge in [-0.3, -0.25) is 0 Å². The third-order valence-corrected chi connectivity index (χ3v) is 3.83. The van der Waals surface area contributed by atoms with Gasteiger partial charge in [-0.15, -0.1) is 0 Å². The van der Waals surface area contributed by atoms with Gasteiger partial charge in [-0.25, -0.2) is 4.68 Å². The normalized spacial score (nSPS) is 11.3. The number of nitrogens with zero attached hydrogens (tertiary/aromatic N) is 2. The van der Waals surface area contributed by atoms with Crippen molar-refractivity contribution in [3.8, 4) is 5.69 Å². The third kappa shape index (κ3) is 3.12. The lowest BCUT2D eigenvalue weighted by atomic mass is 10.1. The topological polar surface area (TPSA) is 38.0 Å². The molecule has 20 heavy (non-hydrogen) atoms. The first-order valence-corrected chi connectivity index (χ1v) is 7.40. The molecule has 0 fully saturated rings. The van der Waals surface area contributed by atoms with Gasteiger partial charge in [0.05, 0.1) is 23.0 Å². The second-order valence-electron chi connectivity index (χ2n) is 4.98. The van der Waals surface area contributed by atoms with Crippen molar-refractivity contribution in [2.24, 2.45) is 5.92 Å². The van der Waals surface area contributed by atoms with E-state index in [2.05, 4.69) is 18.9 Å². The van der Waals surface area contributed by atoms with Crippen molar-refractivity contribution in [1.29, 1.82) is 0 Å². The van der Waals surface area contributed by atoms with Gasteiger partial charge in [0.25, 0.3) is 0 Å². The van der Waals surface area contributed by atoms with Gasteiger partial charge >= 0.3 is 0 Å². The number of hydrogen-bond donors (Lipinski definition) is 1. The first-order chi connectivity index (χ1) is 9.43. The average Bonchev–Trinajstić information content (AvgIpc) is 2.65. The Hall–Kier alpha value is -0.740. The van der Waals surface area contributed by atoms with Crippen LogP contribution in [0.5, 0.6) is 0 Å². The Bertz CT molecular complexity index is 623. The first-order valence-electron chi connectivity index (χ1n) is 6.26. The number of aliphatic hydroxyl groups excluding tert-OH is 1. The van der Waals surface area contributed by atoms with Gasteiger partial charge in [0.15, 0.2) is 0 Å². The van der Waals surface area contributed by atoms with Gasteiger partial charge in [0, 0.05) is 10.6 Å². The minimum atomic E-state index is -0.147. The molecule has 0 atom stereocenters. The summed E-state index contributed by atoms with van der Waals surface area (Å²) in [6, 6.07) is 5.11. The van der Waals surface area contributed by atoms with Crippen molar-refractivity contribution in [3.63, 3.8) is 0 Å².